The van der Waals surface area contributed by atoms with Crippen LogP contribution in [-0.2, 0) is 6.54 Å². The van der Waals surface area contributed by atoms with Gasteiger partial charge < -0.3 is 15.5 Å². The average molecular weight is 609 g/mol. The van der Waals surface area contributed by atoms with Gasteiger partial charge in [-0.3, -0.25) is 19.5 Å². The van der Waals surface area contributed by atoms with Crippen molar-refractivity contribution in [1.82, 2.24) is 25.5 Å². The summed E-state index contributed by atoms with van der Waals surface area (Å²) >= 11 is 6.41. The maximum absolute atomic E-state index is 13.1. The van der Waals surface area contributed by atoms with Gasteiger partial charge in [-0.1, -0.05) is 41.9 Å². The van der Waals surface area contributed by atoms with Crippen molar-refractivity contribution in [2.45, 2.75) is 44.3 Å². The summed E-state index contributed by atoms with van der Waals surface area (Å²) < 4.78 is 0. The molecule has 2 aliphatic heterocycles. The Labute approximate surface area is 263 Å². The van der Waals surface area contributed by atoms with Crippen molar-refractivity contribution >= 4 is 29.2 Å². The Morgan fingerprint density at radius 2 is 1.48 bits per heavy atom. The molecule has 8 nitrogen and oxygen atoms in total. The molecule has 2 fully saturated rings. The lowest BCUT2D eigenvalue weighted by Crippen LogP contribution is -2.45. The van der Waals surface area contributed by atoms with Crippen LogP contribution in [0.25, 0.3) is 11.1 Å². The molecule has 9 heteroatoms. The Morgan fingerprint density at radius 3 is 2.14 bits per heavy atom. The van der Waals surface area contributed by atoms with E-state index in [1.165, 1.54) is 5.56 Å². The lowest BCUT2D eigenvalue weighted by atomic mass is 10.0. The van der Waals surface area contributed by atoms with Crippen molar-refractivity contribution in [3.8, 4) is 11.1 Å². The Hall–Kier alpha value is -4.27. The molecule has 4 heterocycles. The number of aromatic nitrogens is 2. The second kappa shape index (κ2) is 14.0. The van der Waals surface area contributed by atoms with Gasteiger partial charge in [0.25, 0.3) is 11.8 Å². The van der Waals surface area contributed by atoms with Gasteiger partial charge >= 0.3 is 0 Å². The molecule has 0 aliphatic carbocycles. The number of likely N-dealkylation sites (tertiary alicyclic amines) is 1. The smallest absolute Gasteiger partial charge is 0.251 e. The van der Waals surface area contributed by atoms with Gasteiger partial charge in [-0.25, -0.2) is 4.98 Å². The minimum Gasteiger partial charge on any atom is -0.356 e. The quantitative estimate of drug-likeness (QED) is 0.271. The first-order chi connectivity index (χ1) is 21.5. The third kappa shape index (κ3) is 7.44. The molecule has 0 bridgehead atoms. The SMILES string of the molecule is O=C(NC1CCN(Cc2ccc(N3CCC(NC(=O)c4ccccc4)CC3)nc2)CC1)c1ccc(Cl)c(-c2cccnc2)c1. The van der Waals surface area contributed by atoms with Gasteiger partial charge in [0.05, 0.1) is 0 Å². The zero-order valence-corrected chi connectivity index (χ0v) is 25.4. The molecule has 2 N–H and O–H groups in total. The topological polar surface area (TPSA) is 90.5 Å². The minimum absolute atomic E-state index is 0.00474. The number of benzene rings is 2. The standard InChI is InChI=1S/C35H37ClN6O2/c36-32-10-9-27(21-31(32)28-7-4-16-37-23-28)35(44)40-29-12-17-41(18-13-29)24-25-8-11-33(38-22-25)42-19-14-30(15-20-42)39-34(43)26-5-2-1-3-6-26/h1-11,16,21-23,29-30H,12-15,17-20,24H2,(H,39,43)(H,40,44). The van der Waals surface area contributed by atoms with E-state index in [-0.39, 0.29) is 23.9 Å². The monoisotopic (exact) mass is 608 g/mol. The third-order valence-corrected chi connectivity index (χ3v) is 8.86. The predicted molar refractivity (Wildman–Crippen MR) is 174 cm³/mol. The fourth-order valence-electron chi connectivity index (χ4n) is 5.98. The van der Waals surface area contributed by atoms with E-state index in [1.54, 1.807) is 24.5 Å². The van der Waals surface area contributed by atoms with E-state index in [1.807, 2.05) is 54.7 Å². The van der Waals surface area contributed by atoms with Crippen LogP contribution in [0.3, 0.4) is 0 Å². The largest absolute Gasteiger partial charge is 0.356 e. The number of carbonyl (C=O) groups excluding carboxylic acids is 2. The van der Waals surface area contributed by atoms with Crippen LogP contribution >= 0.6 is 11.6 Å². The number of halogens is 1. The highest BCUT2D eigenvalue weighted by Gasteiger charge is 2.24. The van der Waals surface area contributed by atoms with Crippen LogP contribution < -0.4 is 15.5 Å². The van der Waals surface area contributed by atoms with Crippen LogP contribution in [0.15, 0.2) is 91.4 Å². The van der Waals surface area contributed by atoms with Crippen molar-refractivity contribution in [2.75, 3.05) is 31.1 Å². The summed E-state index contributed by atoms with van der Waals surface area (Å²) in [5.41, 5.74) is 4.18. The van der Waals surface area contributed by atoms with E-state index < -0.39 is 0 Å². The lowest BCUT2D eigenvalue weighted by Gasteiger charge is -2.34. The summed E-state index contributed by atoms with van der Waals surface area (Å²) in [6.07, 6.45) is 9.04. The molecule has 2 amide bonds. The first-order valence-electron chi connectivity index (χ1n) is 15.3. The summed E-state index contributed by atoms with van der Waals surface area (Å²) in [5.74, 6) is 0.902. The van der Waals surface area contributed by atoms with Crippen LogP contribution in [0.1, 0.15) is 52.0 Å². The third-order valence-electron chi connectivity index (χ3n) is 8.53. The molecular weight excluding hydrogens is 572 g/mol. The van der Waals surface area contributed by atoms with Crippen molar-refractivity contribution in [3.05, 3.63) is 113 Å². The number of hydrogen-bond acceptors (Lipinski definition) is 6. The Balaban J connectivity index is 0.941. The summed E-state index contributed by atoms with van der Waals surface area (Å²) in [5, 5.41) is 6.99. The number of pyridine rings is 2. The first kappa shape index (κ1) is 29.8. The molecule has 2 aromatic heterocycles. The molecule has 44 heavy (non-hydrogen) atoms. The van der Waals surface area contributed by atoms with E-state index in [9.17, 15) is 9.59 Å². The second-order valence-electron chi connectivity index (χ2n) is 11.6. The van der Waals surface area contributed by atoms with Gasteiger partial charge in [0.15, 0.2) is 0 Å². The van der Waals surface area contributed by atoms with Crippen LogP contribution in [0.4, 0.5) is 5.82 Å². The maximum Gasteiger partial charge on any atom is 0.251 e. The van der Waals surface area contributed by atoms with Crippen molar-refractivity contribution in [3.63, 3.8) is 0 Å². The lowest BCUT2D eigenvalue weighted by molar-refractivity contribution is 0.0906. The van der Waals surface area contributed by atoms with E-state index in [0.29, 0.717) is 16.1 Å². The number of nitrogens with one attached hydrogen (secondary N) is 2. The Kier molecular flexibility index (Phi) is 9.48. The molecule has 0 saturated carbocycles. The number of hydrogen-bond donors (Lipinski definition) is 2. The molecule has 0 spiro atoms. The van der Waals surface area contributed by atoms with Gasteiger partial charge in [0, 0.05) is 90.7 Å². The second-order valence-corrected chi connectivity index (χ2v) is 12.0. The summed E-state index contributed by atoms with van der Waals surface area (Å²) in [6, 6.07) is 23.2. The number of rotatable bonds is 8. The molecule has 6 rings (SSSR count). The minimum atomic E-state index is -0.0762. The number of nitrogens with zero attached hydrogens (tertiary/aromatic N) is 4. The number of anilines is 1. The van der Waals surface area contributed by atoms with Crippen molar-refractivity contribution < 1.29 is 9.59 Å². The van der Waals surface area contributed by atoms with Gasteiger partial charge in [0.1, 0.15) is 5.82 Å². The molecule has 2 aliphatic rings. The molecular formula is C35H37ClN6O2. The summed E-state index contributed by atoms with van der Waals surface area (Å²) in [4.78, 5) is 39.2. The molecule has 4 aromatic rings. The number of amides is 2. The maximum atomic E-state index is 13.1. The molecule has 0 radical (unpaired) electrons. The van der Waals surface area contributed by atoms with Crippen LogP contribution in [-0.4, -0.2) is 64.9 Å². The predicted octanol–water partition coefficient (Wildman–Crippen LogP) is 5.59. The fraction of sp³-hybridized carbons (Fsp3) is 0.314. The van der Waals surface area contributed by atoms with Gasteiger partial charge in [-0.2, -0.15) is 0 Å². The molecule has 0 atom stereocenters. The van der Waals surface area contributed by atoms with E-state index in [0.717, 1.165) is 75.4 Å². The van der Waals surface area contributed by atoms with E-state index in [4.69, 9.17) is 16.6 Å². The first-order valence-corrected chi connectivity index (χ1v) is 15.7. The number of carbonyl (C=O) groups is 2. The van der Waals surface area contributed by atoms with Gasteiger partial charge in [-0.05, 0) is 73.7 Å². The summed E-state index contributed by atoms with van der Waals surface area (Å²) in [6.45, 7) is 4.40. The zero-order valence-electron chi connectivity index (χ0n) is 24.7. The van der Waals surface area contributed by atoms with Crippen LogP contribution in [0, 0.1) is 0 Å². The van der Waals surface area contributed by atoms with Crippen LogP contribution in [0.5, 0.6) is 0 Å². The van der Waals surface area contributed by atoms with E-state index >= 15 is 0 Å². The van der Waals surface area contributed by atoms with Gasteiger partial charge in [0.2, 0.25) is 0 Å². The molecule has 0 unspecified atom stereocenters. The highest BCUT2D eigenvalue weighted by Crippen LogP contribution is 2.28. The normalized spacial score (nSPS) is 16.4. The fourth-order valence-corrected chi connectivity index (χ4v) is 6.21. The molecule has 2 aromatic carbocycles. The van der Waals surface area contributed by atoms with E-state index in [2.05, 4.69) is 37.6 Å². The zero-order chi connectivity index (χ0) is 30.3. The average Bonchev–Trinajstić information content (AvgIpc) is 3.07. The Morgan fingerprint density at radius 1 is 0.773 bits per heavy atom. The highest BCUT2D eigenvalue weighted by atomic mass is 35.5. The highest BCUT2D eigenvalue weighted by molar-refractivity contribution is 6.33. The number of piperidine rings is 2. The molecule has 2 saturated heterocycles. The van der Waals surface area contributed by atoms with Crippen LogP contribution in [0.2, 0.25) is 5.02 Å². The molecule has 226 valence electrons. The van der Waals surface area contributed by atoms with Gasteiger partial charge in [-0.15, -0.1) is 0 Å². The summed E-state index contributed by atoms with van der Waals surface area (Å²) in [7, 11) is 0. The van der Waals surface area contributed by atoms with Crippen molar-refractivity contribution in [2.24, 2.45) is 0 Å². The van der Waals surface area contributed by atoms with Crippen molar-refractivity contribution in [1.29, 1.82) is 0 Å². The Bertz CT molecular complexity index is 1550.